The van der Waals surface area contributed by atoms with Crippen molar-refractivity contribution >= 4 is 17.4 Å². The van der Waals surface area contributed by atoms with Crippen LogP contribution in [0.4, 0.5) is 5.69 Å². The highest BCUT2D eigenvalue weighted by Gasteiger charge is 2.17. The van der Waals surface area contributed by atoms with Crippen molar-refractivity contribution in [3.63, 3.8) is 0 Å². The van der Waals surface area contributed by atoms with Gasteiger partial charge in [-0.1, -0.05) is 12.8 Å². The summed E-state index contributed by atoms with van der Waals surface area (Å²) in [4.78, 5) is 25.6. The van der Waals surface area contributed by atoms with Crippen LogP contribution < -0.4 is 10.5 Å². The number of nitrogens with zero attached hydrogens (tertiary/aromatic N) is 1. The van der Waals surface area contributed by atoms with Gasteiger partial charge in [-0.2, -0.15) is 0 Å². The van der Waals surface area contributed by atoms with E-state index in [-0.39, 0.29) is 18.3 Å². The number of hydrogen-bond acceptors (Lipinski definition) is 4. The van der Waals surface area contributed by atoms with Gasteiger partial charge in [-0.25, -0.2) is 0 Å². The lowest BCUT2D eigenvalue weighted by Crippen LogP contribution is -2.35. The minimum atomic E-state index is -0.125. The van der Waals surface area contributed by atoms with Gasteiger partial charge in [-0.3, -0.25) is 9.59 Å². The molecule has 0 atom stereocenters. The van der Waals surface area contributed by atoms with Gasteiger partial charge >= 0.3 is 0 Å². The third-order valence-electron chi connectivity index (χ3n) is 3.69. The molecule has 1 saturated heterocycles. The molecule has 5 heteroatoms. The summed E-state index contributed by atoms with van der Waals surface area (Å²) in [7, 11) is 0. The van der Waals surface area contributed by atoms with Gasteiger partial charge in [0.05, 0.1) is 5.56 Å². The average Bonchev–Trinajstić information content (AvgIpc) is 2.74. The second-order valence-corrected chi connectivity index (χ2v) is 5.40. The van der Waals surface area contributed by atoms with Gasteiger partial charge in [0.1, 0.15) is 5.75 Å². The molecule has 0 bridgehead atoms. The summed E-state index contributed by atoms with van der Waals surface area (Å²) in [5.41, 5.74) is 6.59. The van der Waals surface area contributed by atoms with E-state index in [1.165, 1.54) is 19.8 Å². The van der Waals surface area contributed by atoms with E-state index in [4.69, 9.17) is 10.5 Å². The Kier molecular flexibility index (Phi) is 5.20. The van der Waals surface area contributed by atoms with Gasteiger partial charge < -0.3 is 15.4 Å². The number of hydrogen-bond donors (Lipinski definition) is 1. The first-order chi connectivity index (χ1) is 10.1. The molecule has 1 amide bonds. The van der Waals surface area contributed by atoms with Crippen molar-refractivity contribution in [3.05, 3.63) is 23.8 Å². The zero-order chi connectivity index (χ0) is 15.2. The predicted molar refractivity (Wildman–Crippen MR) is 81.4 cm³/mol. The SMILES string of the molecule is CC(=O)c1cc(N)ccc1OCC(=O)N1CCCCCC1. The van der Waals surface area contributed by atoms with Crippen LogP contribution in [0.5, 0.6) is 5.75 Å². The minimum absolute atomic E-state index is 0.0248. The highest BCUT2D eigenvalue weighted by Crippen LogP contribution is 2.22. The number of carbonyl (C=O) groups is 2. The van der Waals surface area contributed by atoms with Crippen molar-refractivity contribution in [2.24, 2.45) is 0 Å². The molecule has 1 fully saturated rings. The summed E-state index contributed by atoms with van der Waals surface area (Å²) in [5, 5.41) is 0. The van der Waals surface area contributed by atoms with Crippen molar-refractivity contribution in [1.29, 1.82) is 0 Å². The quantitative estimate of drug-likeness (QED) is 0.682. The lowest BCUT2D eigenvalue weighted by Gasteiger charge is -2.20. The van der Waals surface area contributed by atoms with Gasteiger partial charge in [0.25, 0.3) is 5.91 Å². The van der Waals surface area contributed by atoms with Crippen LogP contribution in [-0.4, -0.2) is 36.3 Å². The van der Waals surface area contributed by atoms with Crippen LogP contribution in [0, 0.1) is 0 Å². The molecule has 0 aromatic heterocycles. The highest BCUT2D eigenvalue weighted by atomic mass is 16.5. The fourth-order valence-corrected chi connectivity index (χ4v) is 2.50. The molecule has 21 heavy (non-hydrogen) atoms. The molecule has 1 aromatic rings. The second-order valence-electron chi connectivity index (χ2n) is 5.40. The molecule has 1 heterocycles. The number of ketones is 1. The Morgan fingerprint density at radius 3 is 2.48 bits per heavy atom. The maximum Gasteiger partial charge on any atom is 0.260 e. The largest absolute Gasteiger partial charge is 0.483 e. The summed E-state index contributed by atoms with van der Waals surface area (Å²) in [6.45, 7) is 3.01. The number of ether oxygens (including phenoxy) is 1. The van der Waals surface area contributed by atoms with E-state index in [1.807, 2.05) is 4.90 Å². The molecule has 0 spiro atoms. The Labute approximate surface area is 125 Å². The maximum atomic E-state index is 12.2. The molecule has 0 unspecified atom stereocenters. The predicted octanol–water partition coefficient (Wildman–Crippen LogP) is 2.25. The van der Waals surface area contributed by atoms with E-state index in [1.54, 1.807) is 18.2 Å². The molecule has 0 radical (unpaired) electrons. The number of Topliss-reactive ketones (excluding diaryl/α,β-unsaturated/α-hetero) is 1. The van der Waals surface area contributed by atoms with Crippen molar-refractivity contribution in [2.75, 3.05) is 25.4 Å². The zero-order valence-electron chi connectivity index (χ0n) is 12.4. The summed E-state index contributed by atoms with van der Waals surface area (Å²) in [6.07, 6.45) is 4.45. The molecule has 114 valence electrons. The third kappa shape index (κ3) is 4.21. The van der Waals surface area contributed by atoms with E-state index in [0.717, 1.165) is 25.9 Å². The number of likely N-dealkylation sites (tertiary alicyclic amines) is 1. The van der Waals surface area contributed by atoms with Crippen LogP contribution in [0.15, 0.2) is 18.2 Å². The normalized spacial score (nSPS) is 15.4. The lowest BCUT2D eigenvalue weighted by molar-refractivity contribution is -0.133. The first-order valence-corrected chi connectivity index (χ1v) is 7.39. The molecular formula is C16H22N2O3. The first-order valence-electron chi connectivity index (χ1n) is 7.39. The van der Waals surface area contributed by atoms with Gasteiger partial charge in [-0.15, -0.1) is 0 Å². The van der Waals surface area contributed by atoms with Gasteiger partial charge in [0.15, 0.2) is 12.4 Å². The van der Waals surface area contributed by atoms with E-state index in [9.17, 15) is 9.59 Å². The lowest BCUT2D eigenvalue weighted by atomic mass is 10.1. The van der Waals surface area contributed by atoms with Crippen LogP contribution in [-0.2, 0) is 4.79 Å². The topological polar surface area (TPSA) is 72.6 Å². The van der Waals surface area contributed by atoms with Crippen molar-refractivity contribution < 1.29 is 14.3 Å². The molecule has 0 aliphatic carbocycles. The maximum absolute atomic E-state index is 12.2. The Hall–Kier alpha value is -2.04. The van der Waals surface area contributed by atoms with Crippen LogP contribution in [0.25, 0.3) is 0 Å². The molecule has 1 aliphatic heterocycles. The number of rotatable bonds is 4. The van der Waals surface area contributed by atoms with E-state index in [0.29, 0.717) is 17.0 Å². The molecule has 5 nitrogen and oxygen atoms in total. The number of nitrogen functional groups attached to an aromatic ring is 1. The van der Waals surface area contributed by atoms with E-state index in [2.05, 4.69) is 0 Å². The van der Waals surface area contributed by atoms with Crippen molar-refractivity contribution in [1.82, 2.24) is 4.90 Å². The summed E-state index contributed by atoms with van der Waals surface area (Å²) in [6, 6.07) is 4.88. The number of carbonyl (C=O) groups excluding carboxylic acids is 2. The Morgan fingerprint density at radius 2 is 1.86 bits per heavy atom. The Morgan fingerprint density at radius 1 is 1.19 bits per heavy atom. The van der Waals surface area contributed by atoms with Crippen LogP contribution in [0.2, 0.25) is 0 Å². The molecule has 1 aromatic carbocycles. The summed E-state index contributed by atoms with van der Waals surface area (Å²) >= 11 is 0. The van der Waals surface area contributed by atoms with Crippen LogP contribution in [0.3, 0.4) is 0 Å². The zero-order valence-corrected chi connectivity index (χ0v) is 12.4. The van der Waals surface area contributed by atoms with E-state index < -0.39 is 0 Å². The molecule has 2 rings (SSSR count). The Bertz CT molecular complexity index is 520. The van der Waals surface area contributed by atoms with E-state index >= 15 is 0 Å². The third-order valence-corrected chi connectivity index (χ3v) is 3.69. The number of benzene rings is 1. The monoisotopic (exact) mass is 290 g/mol. The fraction of sp³-hybridized carbons (Fsp3) is 0.500. The fourth-order valence-electron chi connectivity index (χ4n) is 2.50. The first kappa shape index (κ1) is 15.4. The number of anilines is 1. The minimum Gasteiger partial charge on any atom is -0.483 e. The molecule has 2 N–H and O–H groups in total. The smallest absolute Gasteiger partial charge is 0.260 e. The van der Waals surface area contributed by atoms with Crippen LogP contribution in [0.1, 0.15) is 43.0 Å². The van der Waals surface area contributed by atoms with Crippen molar-refractivity contribution in [2.45, 2.75) is 32.6 Å². The average molecular weight is 290 g/mol. The second kappa shape index (κ2) is 7.11. The summed E-state index contributed by atoms with van der Waals surface area (Å²) < 4.78 is 5.54. The number of nitrogens with two attached hydrogens (primary N) is 1. The highest BCUT2D eigenvalue weighted by molar-refractivity contribution is 5.97. The standard InChI is InChI=1S/C16H22N2O3/c1-12(19)14-10-13(17)6-7-15(14)21-11-16(20)18-8-4-2-3-5-9-18/h6-7,10H,2-5,8-9,11,17H2,1H3. The number of amides is 1. The molecule has 1 aliphatic rings. The molecule has 0 saturated carbocycles. The Balaban J connectivity index is 1.99. The van der Waals surface area contributed by atoms with Crippen molar-refractivity contribution in [3.8, 4) is 5.75 Å². The van der Waals surface area contributed by atoms with Gasteiger partial charge in [-0.05, 0) is 38.0 Å². The van der Waals surface area contributed by atoms with Crippen LogP contribution >= 0.6 is 0 Å². The molecular weight excluding hydrogens is 268 g/mol. The van der Waals surface area contributed by atoms with Gasteiger partial charge in [0.2, 0.25) is 0 Å². The summed E-state index contributed by atoms with van der Waals surface area (Å²) in [5.74, 6) is 0.266. The van der Waals surface area contributed by atoms with Gasteiger partial charge in [0, 0.05) is 18.8 Å².